The van der Waals surface area contributed by atoms with Gasteiger partial charge in [0.05, 0.1) is 5.37 Å². The molecule has 2 amide bonds. The number of amides is 2. The summed E-state index contributed by atoms with van der Waals surface area (Å²) in [4.78, 5) is 29.8. The number of thioether (sulfide) groups is 1. The lowest BCUT2D eigenvalue weighted by atomic mass is 10.0. The Labute approximate surface area is 130 Å². The van der Waals surface area contributed by atoms with Gasteiger partial charge in [-0.25, -0.2) is 9.59 Å². The molecule has 2 saturated heterocycles. The molecule has 7 heteroatoms. The third-order valence-corrected chi connectivity index (χ3v) is 5.94. The molecule has 21 heavy (non-hydrogen) atoms. The Morgan fingerprint density at radius 2 is 1.95 bits per heavy atom. The van der Waals surface area contributed by atoms with Crippen molar-refractivity contribution in [2.24, 2.45) is 0 Å². The van der Waals surface area contributed by atoms with Crippen molar-refractivity contribution in [3.8, 4) is 0 Å². The molecule has 2 heterocycles. The normalized spacial score (nSPS) is 27.9. The summed E-state index contributed by atoms with van der Waals surface area (Å²) in [7, 11) is 3.90. The number of carbonyl (C=O) groups is 2. The van der Waals surface area contributed by atoms with Crippen LogP contribution < -0.4 is 0 Å². The van der Waals surface area contributed by atoms with Gasteiger partial charge in [-0.2, -0.15) is 0 Å². The molecule has 2 fully saturated rings. The van der Waals surface area contributed by atoms with E-state index in [2.05, 4.69) is 11.9 Å². The van der Waals surface area contributed by atoms with Crippen molar-refractivity contribution in [2.45, 2.75) is 43.6 Å². The first-order chi connectivity index (χ1) is 9.95. The molecule has 0 bridgehead atoms. The second-order valence-electron chi connectivity index (χ2n) is 5.89. The molecule has 0 aromatic carbocycles. The molecule has 0 radical (unpaired) electrons. The van der Waals surface area contributed by atoms with Crippen LogP contribution in [0.5, 0.6) is 0 Å². The molecule has 0 aromatic rings. The fraction of sp³-hybridized carbons (Fsp3) is 0.857. The predicted molar refractivity (Wildman–Crippen MR) is 83.5 cm³/mol. The summed E-state index contributed by atoms with van der Waals surface area (Å²) < 4.78 is 0. The molecule has 0 saturated carbocycles. The van der Waals surface area contributed by atoms with Crippen molar-refractivity contribution in [1.29, 1.82) is 0 Å². The zero-order valence-corrected chi connectivity index (χ0v) is 13.8. The minimum atomic E-state index is -0.899. The van der Waals surface area contributed by atoms with Crippen LogP contribution in [0.2, 0.25) is 0 Å². The summed E-state index contributed by atoms with van der Waals surface area (Å²) in [5.74, 6) is -0.413. The van der Waals surface area contributed by atoms with Crippen molar-refractivity contribution in [3.63, 3.8) is 0 Å². The maximum Gasteiger partial charge on any atom is 0.327 e. The molecule has 0 spiro atoms. The van der Waals surface area contributed by atoms with Crippen LogP contribution in [-0.4, -0.2) is 82.2 Å². The van der Waals surface area contributed by atoms with E-state index in [-0.39, 0.29) is 17.4 Å². The average Bonchev–Trinajstić information content (AvgIpc) is 2.90. The van der Waals surface area contributed by atoms with Gasteiger partial charge >= 0.3 is 12.0 Å². The fourth-order valence-corrected chi connectivity index (χ4v) is 4.39. The van der Waals surface area contributed by atoms with Crippen LogP contribution in [0.4, 0.5) is 4.79 Å². The van der Waals surface area contributed by atoms with Crippen molar-refractivity contribution in [2.75, 3.05) is 32.9 Å². The first kappa shape index (κ1) is 16.4. The third kappa shape index (κ3) is 3.45. The van der Waals surface area contributed by atoms with Crippen LogP contribution in [0.3, 0.4) is 0 Å². The lowest BCUT2D eigenvalue weighted by molar-refractivity contribution is -0.141. The highest BCUT2D eigenvalue weighted by molar-refractivity contribution is 8.00. The standard InChI is InChI=1S/C14H25N3O3S/c1-4-12-17(11(9-21-12)13(18)19)14(20)16(3)10-5-7-15(2)8-6-10/h10-12H,4-9H2,1-3H3,(H,18,19). The number of carbonyl (C=O) groups excluding carboxylic acids is 1. The lowest BCUT2D eigenvalue weighted by Crippen LogP contribution is -2.54. The number of nitrogens with zero attached hydrogens (tertiary/aromatic N) is 3. The van der Waals surface area contributed by atoms with E-state index in [9.17, 15) is 14.7 Å². The smallest absolute Gasteiger partial charge is 0.327 e. The number of urea groups is 1. The zero-order chi connectivity index (χ0) is 15.6. The van der Waals surface area contributed by atoms with E-state index < -0.39 is 12.0 Å². The summed E-state index contributed by atoms with van der Waals surface area (Å²) in [5, 5.41) is 9.32. The van der Waals surface area contributed by atoms with Gasteiger partial charge in [0, 0.05) is 18.8 Å². The number of piperidine rings is 1. The highest BCUT2D eigenvalue weighted by atomic mass is 32.2. The highest BCUT2D eigenvalue weighted by Crippen LogP contribution is 2.32. The van der Waals surface area contributed by atoms with Gasteiger partial charge in [-0.3, -0.25) is 4.90 Å². The van der Waals surface area contributed by atoms with Crippen LogP contribution in [-0.2, 0) is 4.79 Å². The number of rotatable bonds is 3. The van der Waals surface area contributed by atoms with E-state index in [0.717, 1.165) is 32.4 Å². The highest BCUT2D eigenvalue weighted by Gasteiger charge is 2.43. The van der Waals surface area contributed by atoms with Gasteiger partial charge < -0.3 is 14.9 Å². The third-order valence-electron chi connectivity index (χ3n) is 4.49. The molecule has 0 aromatic heterocycles. The lowest BCUT2D eigenvalue weighted by Gasteiger charge is -2.38. The molecule has 1 N–H and O–H groups in total. The maximum absolute atomic E-state index is 12.8. The van der Waals surface area contributed by atoms with Gasteiger partial charge in [0.15, 0.2) is 0 Å². The van der Waals surface area contributed by atoms with Gasteiger partial charge in [-0.15, -0.1) is 11.8 Å². The molecule has 2 unspecified atom stereocenters. The Balaban J connectivity index is 2.07. The van der Waals surface area contributed by atoms with Gasteiger partial charge in [0.1, 0.15) is 6.04 Å². The maximum atomic E-state index is 12.8. The number of hydrogen-bond acceptors (Lipinski definition) is 4. The van der Waals surface area contributed by atoms with E-state index >= 15 is 0 Å². The second kappa shape index (κ2) is 6.87. The van der Waals surface area contributed by atoms with Crippen molar-refractivity contribution in [1.82, 2.24) is 14.7 Å². The van der Waals surface area contributed by atoms with Gasteiger partial charge in [-0.05, 0) is 39.4 Å². The van der Waals surface area contributed by atoms with E-state index in [0.29, 0.717) is 5.75 Å². The van der Waals surface area contributed by atoms with Crippen LogP contribution in [0.1, 0.15) is 26.2 Å². The molecule has 120 valence electrons. The van der Waals surface area contributed by atoms with E-state index in [1.807, 2.05) is 14.0 Å². The van der Waals surface area contributed by atoms with Crippen LogP contribution in [0.25, 0.3) is 0 Å². The SMILES string of the molecule is CCC1SCC(C(=O)O)N1C(=O)N(C)C1CCN(C)CC1. The quantitative estimate of drug-likeness (QED) is 0.852. The largest absolute Gasteiger partial charge is 0.480 e. The van der Waals surface area contributed by atoms with Crippen LogP contribution in [0, 0.1) is 0 Å². The van der Waals surface area contributed by atoms with Crippen LogP contribution >= 0.6 is 11.8 Å². The van der Waals surface area contributed by atoms with Gasteiger partial charge in [0.25, 0.3) is 0 Å². The van der Waals surface area contributed by atoms with E-state index in [1.165, 1.54) is 0 Å². The average molecular weight is 315 g/mol. The van der Waals surface area contributed by atoms with Crippen molar-refractivity contribution < 1.29 is 14.7 Å². The summed E-state index contributed by atoms with van der Waals surface area (Å²) in [5.41, 5.74) is 0. The summed E-state index contributed by atoms with van der Waals surface area (Å²) in [6.07, 6.45) is 2.68. The number of hydrogen-bond donors (Lipinski definition) is 1. The zero-order valence-electron chi connectivity index (χ0n) is 13.0. The predicted octanol–water partition coefficient (Wildman–Crippen LogP) is 1.37. The first-order valence-corrected chi connectivity index (χ1v) is 8.58. The molecule has 2 atom stereocenters. The second-order valence-corrected chi connectivity index (χ2v) is 7.10. The fourth-order valence-electron chi connectivity index (χ4n) is 3.05. The number of carboxylic acid groups (broad SMARTS) is 1. The number of carboxylic acids is 1. The Kier molecular flexibility index (Phi) is 5.37. The first-order valence-electron chi connectivity index (χ1n) is 7.53. The number of likely N-dealkylation sites (tertiary alicyclic amines) is 1. The monoisotopic (exact) mass is 315 g/mol. The Morgan fingerprint density at radius 1 is 1.33 bits per heavy atom. The number of aliphatic carboxylic acids is 1. The molecule has 2 aliphatic heterocycles. The van der Waals surface area contributed by atoms with Crippen LogP contribution in [0.15, 0.2) is 0 Å². The topological polar surface area (TPSA) is 64.1 Å². The summed E-state index contributed by atoms with van der Waals surface area (Å²) in [6, 6.07) is -0.610. The molecular formula is C14H25N3O3S. The van der Waals surface area contributed by atoms with Crippen molar-refractivity contribution in [3.05, 3.63) is 0 Å². The minimum Gasteiger partial charge on any atom is -0.480 e. The summed E-state index contributed by atoms with van der Waals surface area (Å²) >= 11 is 1.57. The van der Waals surface area contributed by atoms with Gasteiger partial charge in [-0.1, -0.05) is 6.92 Å². The Hall–Kier alpha value is -0.950. The molecule has 0 aliphatic carbocycles. The van der Waals surface area contributed by atoms with E-state index in [1.54, 1.807) is 21.6 Å². The van der Waals surface area contributed by atoms with Gasteiger partial charge in [0.2, 0.25) is 0 Å². The molecule has 2 rings (SSSR count). The van der Waals surface area contributed by atoms with E-state index in [4.69, 9.17) is 0 Å². The minimum absolute atomic E-state index is 0.0210. The molecular weight excluding hydrogens is 290 g/mol. The molecule has 6 nitrogen and oxygen atoms in total. The summed E-state index contributed by atoms with van der Waals surface area (Å²) in [6.45, 7) is 3.96. The Bertz CT molecular complexity index is 399. The van der Waals surface area contributed by atoms with Crippen molar-refractivity contribution >= 4 is 23.8 Å². The molecule has 2 aliphatic rings. The Morgan fingerprint density at radius 3 is 2.48 bits per heavy atom.